The molecule has 4 aromatic rings. The van der Waals surface area contributed by atoms with Crippen LogP contribution in [0.5, 0.6) is 5.75 Å². The molecule has 37 heavy (non-hydrogen) atoms. The SMILES string of the molecule is Cc1ccc(-c2nc(N)nc3c2ncc(=O)n3CCN2CCN(c3ccccc3OC(F)(F)F)CC2)o1. The third kappa shape index (κ3) is 5.35. The summed E-state index contributed by atoms with van der Waals surface area (Å²) in [6.45, 7) is 4.83. The van der Waals surface area contributed by atoms with Crippen LogP contribution < -0.4 is 20.9 Å². The van der Waals surface area contributed by atoms with E-state index in [9.17, 15) is 18.0 Å². The zero-order chi connectivity index (χ0) is 26.2. The second-order valence-corrected chi connectivity index (χ2v) is 8.61. The molecule has 1 fully saturated rings. The van der Waals surface area contributed by atoms with Crippen LogP contribution in [0.2, 0.25) is 0 Å². The number of fused-ring (bicyclic) bond motifs is 1. The highest BCUT2D eigenvalue weighted by atomic mass is 19.4. The highest BCUT2D eigenvalue weighted by molar-refractivity contribution is 5.86. The van der Waals surface area contributed by atoms with Crippen molar-refractivity contribution in [3.05, 3.63) is 58.7 Å². The lowest BCUT2D eigenvalue weighted by Gasteiger charge is -2.36. The fraction of sp³-hybridized carbons (Fsp3) is 0.333. The van der Waals surface area contributed by atoms with Crippen LogP contribution in [-0.4, -0.2) is 63.5 Å². The summed E-state index contributed by atoms with van der Waals surface area (Å²) in [6, 6.07) is 9.65. The molecule has 0 amide bonds. The molecule has 0 aliphatic carbocycles. The Morgan fingerprint density at radius 1 is 1.05 bits per heavy atom. The summed E-state index contributed by atoms with van der Waals surface area (Å²) in [6.07, 6.45) is -3.54. The number of halogens is 3. The Bertz CT molecular complexity index is 1480. The fourth-order valence-electron chi connectivity index (χ4n) is 4.39. The van der Waals surface area contributed by atoms with Gasteiger partial charge in [0.25, 0.3) is 5.56 Å². The van der Waals surface area contributed by atoms with E-state index in [0.717, 1.165) is 0 Å². The predicted molar refractivity (Wildman–Crippen MR) is 130 cm³/mol. The standard InChI is InChI=1S/C24H24F3N7O3/c1-15-6-7-18(36-15)20-21-22(31-23(28)30-20)34(19(35)14-29-21)13-10-32-8-11-33(12-9-32)16-4-2-3-5-17(16)37-24(25,26)27/h2-7,14H,8-13H2,1H3,(H2,28,30,31). The highest BCUT2D eigenvalue weighted by Crippen LogP contribution is 2.33. The molecule has 0 saturated carbocycles. The molecule has 0 unspecified atom stereocenters. The maximum atomic E-state index is 12.8. The van der Waals surface area contributed by atoms with Gasteiger partial charge in [-0.3, -0.25) is 14.3 Å². The maximum absolute atomic E-state index is 12.8. The molecule has 10 nitrogen and oxygen atoms in total. The van der Waals surface area contributed by atoms with Crippen molar-refractivity contribution in [1.29, 1.82) is 0 Å². The van der Waals surface area contributed by atoms with Crippen molar-refractivity contribution in [2.45, 2.75) is 19.8 Å². The summed E-state index contributed by atoms with van der Waals surface area (Å²) in [5, 5.41) is 0. The Morgan fingerprint density at radius 3 is 2.51 bits per heavy atom. The first-order chi connectivity index (χ1) is 17.7. The molecule has 2 N–H and O–H groups in total. The summed E-state index contributed by atoms with van der Waals surface area (Å²) in [7, 11) is 0. The van der Waals surface area contributed by atoms with Crippen molar-refractivity contribution in [3.63, 3.8) is 0 Å². The Labute approximate surface area is 209 Å². The Hall–Kier alpha value is -4.13. The summed E-state index contributed by atoms with van der Waals surface area (Å²) in [5.41, 5.74) is 7.11. The quantitative estimate of drug-likeness (QED) is 0.414. The van der Waals surface area contributed by atoms with Crippen molar-refractivity contribution in [3.8, 4) is 17.2 Å². The Morgan fingerprint density at radius 2 is 1.81 bits per heavy atom. The first-order valence-corrected chi connectivity index (χ1v) is 11.6. The van der Waals surface area contributed by atoms with Gasteiger partial charge in [0, 0.05) is 39.3 Å². The van der Waals surface area contributed by atoms with Gasteiger partial charge in [-0.05, 0) is 31.2 Å². The van der Waals surface area contributed by atoms with Gasteiger partial charge in [-0.2, -0.15) is 4.98 Å². The molecule has 1 aromatic carbocycles. The van der Waals surface area contributed by atoms with Gasteiger partial charge in [0.1, 0.15) is 17.0 Å². The zero-order valence-corrected chi connectivity index (χ0v) is 19.9. The Balaban J connectivity index is 1.31. The van der Waals surface area contributed by atoms with E-state index in [1.807, 2.05) is 4.90 Å². The molecule has 3 aromatic heterocycles. The van der Waals surface area contributed by atoms with E-state index in [0.29, 0.717) is 73.3 Å². The topological polar surface area (TPSA) is 116 Å². The van der Waals surface area contributed by atoms with E-state index >= 15 is 0 Å². The number of benzene rings is 1. The Kier molecular flexibility index (Phi) is 6.46. The predicted octanol–water partition coefficient (Wildman–Crippen LogP) is 3.06. The number of ether oxygens (including phenoxy) is 1. The number of hydrogen-bond acceptors (Lipinski definition) is 9. The van der Waals surface area contributed by atoms with Crippen LogP contribution in [0.25, 0.3) is 22.6 Å². The van der Waals surface area contributed by atoms with Gasteiger partial charge in [0.05, 0.1) is 11.9 Å². The summed E-state index contributed by atoms with van der Waals surface area (Å²) in [4.78, 5) is 29.5. The van der Waals surface area contributed by atoms with Gasteiger partial charge in [0.15, 0.2) is 17.2 Å². The van der Waals surface area contributed by atoms with Crippen LogP contribution in [0.3, 0.4) is 0 Å². The van der Waals surface area contributed by atoms with Crippen LogP contribution in [0.1, 0.15) is 5.76 Å². The van der Waals surface area contributed by atoms with Gasteiger partial charge >= 0.3 is 6.36 Å². The van der Waals surface area contributed by atoms with E-state index in [1.165, 1.54) is 22.9 Å². The summed E-state index contributed by atoms with van der Waals surface area (Å²) >= 11 is 0. The second-order valence-electron chi connectivity index (χ2n) is 8.61. The van der Waals surface area contributed by atoms with E-state index in [1.54, 1.807) is 31.2 Å². The lowest BCUT2D eigenvalue weighted by Crippen LogP contribution is -2.47. The third-order valence-electron chi connectivity index (χ3n) is 6.13. The number of rotatable bonds is 6. The largest absolute Gasteiger partial charge is 0.573 e. The molecule has 1 saturated heterocycles. The van der Waals surface area contributed by atoms with E-state index < -0.39 is 6.36 Å². The maximum Gasteiger partial charge on any atom is 0.573 e. The van der Waals surface area contributed by atoms with E-state index in [4.69, 9.17) is 10.2 Å². The lowest BCUT2D eigenvalue weighted by atomic mass is 10.2. The van der Waals surface area contributed by atoms with Gasteiger partial charge in [-0.1, -0.05) is 12.1 Å². The lowest BCUT2D eigenvalue weighted by molar-refractivity contribution is -0.274. The first-order valence-electron chi connectivity index (χ1n) is 11.6. The van der Waals surface area contributed by atoms with Crippen LogP contribution in [0.4, 0.5) is 24.8 Å². The van der Waals surface area contributed by atoms with E-state index in [2.05, 4.69) is 24.6 Å². The molecule has 194 valence electrons. The van der Waals surface area contributed by atoms with Crippen molar-refractivity contribution in [2.24, 2.45) is 0 Å². The van der Waals surface area contributed by atoms with Crippen molar-refractivity contribution in [1.82, 2.24) is 24.4 Å². The third-order valence-corrected chi connectivity index (χ3v) is 6.13. The number of hydrogen-bond donors (Lipinski definition) is 1. The normalized spacial score (nSPS) is 14.9. The number of furan rings is 1. The molecule has 5 rings (SSSR count). The molecule has 13 heteroatoms. The molecule has 0 bridgehead atoms. The highest BCUT2D eigenvalue weighted by Gasteiger charge is 2.33. The van der Waals surface area contributed by atoms with Crippen LogP contribution in [0, 0.1) is 6.92 Å². The number of alkyl halides is 3. The van der Waals surface area contributed by atoms with Crippen molar-refractivity contribution < 1.29 is 22.3 Å². The second kappa shape index (κ2) is 9.73. The molecule has 0 atom stereocenters. The molecular formula is C24H24F3N7O3. The smallest absolute Gasteiger partial charge is 0.460 e. The number of aromatic nitrogens is 4. The monoisotopic (exact) mass is 515 g/mol. The minimum absolute atomic E-state index is 0.00828. The number of nitrogens with two attached hydrogens (primary N) is 1. The van der Waals surface area contributed by atoms with Gasteiger partial charge in [-0.15, -0.1) is 13.2 Å². The molecular weight excluding hydrogens is 491 g/mol. The van der Waals surface area contributed by atoms with Gasteiger partial charge in [0.2, 0.25) is 5.95 Å². The molecule has 0 spiro atoms. The number of piperazine rings is 1. The van der Waals surface area contributed by atoms with Crippen molar-refractivity contribution >= 4 is 22.8 Å². The summed E-state index contributed by atoms with van der Waals surface area (Å²) < 4.78 is 49.8. The zero-order valence-electron chi connectivity index (χ0n) is 19.9. The fourth-order valence-corrected chi connectivity index (χ4v) is 4.39. The number of nitrogen functional groups attached to an aromatic ring is 1. The first kappa shape index (κ1) is 24.6. The van der Waals surface area contributed by atoms with Gasteiger partial charge < -0.3 is 19.8 Å². The minimum Gasteiger partial charge on any atom is -0.460 e. The molecule has 1 aliphatic rings. The van der Waals surface area contributed by atoms with E-state index in [-0.39, 0.29) is 17.3 Å². The molecule has 4 heterocycles. The van der Waals surface area contributed by atoms with Gasteiger partial charge in [-0.25, -0.2) is 9.97 Å². The molecule has 0 radical (unpaired) electrons. The van der Waals surface area contributed by atoms with Crippen LogP contribution >= 0.6 is 0 Å². The van der Waals surface area contributed by atoms with Crippen molar-refractivity contribution in [2.75, 3.05) is 43.4 Å². The van der Waals surface area contributed by atoms with Crippen LogP contribution in [-0.2, 0) is 6.54 Å². The minimum atomic E-state index is -4.76. The number of anilines is 2. The number of aryl methyl sites for hydroxylation is 1. The summed E-state index contributed by atoms with van der Waals surface area (Å²) in [5.74, 6) is 0.935. The number of nitrogens with zero attached hydrogens (tertiary/aromatic N) is 6. The average molecular weight is 515 g/mol. The number of para-hydroxylation sites is 2. The molecule has 1 aliphatic heterocycles. The van der Waals surface area contributed by atoms with Crippen LogP contribution in [0.15, 0.2) is 51.8 Å². The average Bonchev–Trinajstić information content (AvgIpc) is 3.29.